The predicted molar refractivity (Wildman–Crippen MR) is 52.2 cm³/mol. The van der Waals surface area contributed by atoms with E-state index in [0.29, 0.717) is 6.04 Å². The third-order valence-corrected chi connectivity index (χ3v) is 2.11. The third-order valence-electron chi connectivity index (χ3n) is 2.11. The number of likely N-dealkylation sites (N-methyl/N-ethyl adjacent to an activating group) is 1. The standard InChI is InChI=1S/C9H22N2O/c1-8(10)7-9(2)11(3)5-6-12-4/h8-9H,5-7,10H2,1-4H3. The van der Waals surface area contributed by atoms with Crippen LogP contribution in [0.3, 0.4) is 0 Å². The van der Waals surface area contributed by atoms with Crippen LogP contribution in [0.1, 0.15) is 20.3 Å². The van der Waals surface area contributed by atoms with Crippen LogP contribution in [0.25, 0.3) is 0 Å². The summed E-state index contributed by atoms with van der Waals surface area (Å²) in [5.74, 6) is 0. The zero-order valence-electron chi connectivity index (χ0n) is 8.71. The van der Waals surface area contributed by atoms with Crippen LogP contribution in [0, 0.1) is 0 Å². The lowest BCUT2D eigenvalue weighted by Crippen LogP contribution is -2.36. The fourth-order valence-corrected chi connectivity index (χ4v) is 1.17. The van der Waals surface area contributed by atoms with Gasteiger partial charge < -0.3 is 15.4 Å². The van der Waals surface area contributed by atoms with E-state index in [0.717, 1.165) is 19.6 Å². The largest absolute Gasteiger partial charge is 0.383 e. The first-order valence-corrected chi connectivity index (χ1v) is 4.52. The Morgan fingerprint density at radius 3 is 2.42 bits per heavy atom. The molecule has 0 spiro atoms. The van der Waals surface area contributed by atoms with Gasteiger partial charge in [-0.3, -0.25) is 0 Å². The summed E-state index contributed by atoms with van der Waals surface area (Å²) in [5.41, 5.74) is 5.70. The van der Waals surface area contributed by atoms with Crippen molar-refractivity contribution in [1.29, 1.82) is 0 Å². The molecule has 0 saturated heterocycles. The highest BCUT2D eigenvalue weighted by Gasteiger charge is 2.09. The molecule has 0 bridgehead atoms. The molecule has 0 aromatic carbocycles. The molecular weight excluding hydrogens is 152 g/mol. The van der Waals surface area contributed by atoms with Crippen LogP contribution < -0.4 is 5.73 Å². The average molecular weight is 174 g/mol. The van der Waals surface area contributed by atoms with Gasteiger partial charge in [-0.05, 0) is 27.3 Å². The molecule has 0 aliphatic heterocycles. The maximum atomic E-state index is 5.70. The topological polar surface area (TPSA) is 38.5 Å². The average Bonchev–Trinajstić information content (AvgIpc) is 1.98. The van der Waals surface area contributed by atoms with Crippen molar-refractivity contribution >= 4 is 0 Å². The maximum Gasteiger partial charge on any atom is 0.0589 e. The molecule has 0 radical (unpaired) electrons. The summed E-state index contributed by atoms with van der Waals surface area (Å²) in [6, 6.07) is 0.824. The van der Waals surface area contributed by atoms with Gasteiger partial charge >= 0.3 is 0 Å². The molecule has 0 aliphatic carbocycles. The summed E-state index contributed by atoms with van der Waals surface area (Å²) >= 11 is 0. The number of methoxy groups -OCH3 is 1. The molecule has 0 amide bonds. The van der Waals surface area contributed by atoms with E-state index in [1.807, 2.05) is 6.92 Å². The van der Waals surface area contributed by atoms with Crippen molar-refractivity contribution < 1.29 is 4.74 Å². The number of ether oxygens (including phenoxy) is 1. The van der Waals surface area contributed by atoms with Gasteiger partial charge in [0.25, 0.3) is 0 Å². The second kappa shape index (κ2) is 6.40. The molecule has 0 aliphatic rings. The maximum absolute atomic E-state index is 5.70. The first-order chi connectivity index (χ1) is 5.57. The van der Waals surface area contributed by atoms with Crippen LogP contribution >= 0.6 is 0 Å². The van der Waals surface area contributed by atoms with E-state index < -0.39 is 0 Å². The van der Waals surface area contributed by atoms with Crippen molar-refractivity contribution in [2.24, 2.45) is 5.73 Å². The van der Waals surface area contributed by atoms with Crippen LogP contribution in [0.5, 0.6) is 0 Å². The lowest BCUT2D eigenvalue weighted by atomic mass is 10.1. The van der Waals surface area contributed by atoms with Crippen molar-refractivity contribution in [2.45, 2.75) is 32.4 Å². The van der Waals surface area contributed by atoms with E-state index in [1.165, 1.54) is 0 Å². The minimum Gasteiger partial charge on any atom is -0.383 e. The summed E-state index contributed by atoms with van der Waals surface area (Å²) in [6.07, 6.45) is 1.04. The number of hydrogen-bond donors (Lipinski definition) is 1. The van der Waals surface area contributed by atoms with E-state index in [1.54, 1.807) is 7.11 Å². The van der Waals surface area contributed by atoms with Crippen molar-refractivity contribution in [2.75, 3.05) is 27.3 Å². The molecule has 0 rings (SSSR count). The molecule has 0 heterocycles. The molecule has 2 atom stereocenters. The molecule has 3 heteroatoms. The van der Waals surface area contributed by atoms with E-state index in [9.17, 15) is 0 Å². The van der Waals surface area contributed by atoms with Gasteiger partial charge in [-0.15, -0.1) is 0 Å². The number of nitrogens with zero attached hydrogens (tertiary/aromatic N) is 1. The monoisotopic (exact) mass is 174 g/mol. The minimum absolute atomic E-state index is 0.282. The smallest absolute Gasteiger partial charge is 0.0589 e. The van der Waals surface area contributed by atoms with Crippen molar-refractivity contribution in [3.63, 3.8) is 0 Å². The summed E-state index contributed by atoms with van der Waals surface area (Å²) in [4.78, 5) is 2.27. The molecule has 2 unspecified atom stereocenters. The van der Waals surface area contributed by atoms with Gasteiger partial charge in [0.05, 0.1) is 6.61 Å². The Morgan fingerprint density at radius 1 is 1.42 bits per heavy atom. The fraction of sp³-hybridized carbons (Fsp3) is 1.00. The molecule has 74 valence electrons. The molecule has 3 nitrogen and oxygen atoms in total. The Balaban J connectivity index is 3.53. The molecule has 0 aromatic rings. The van der Waals surface area contributed by atoms with Crippen LogP contribution in [-0.2, 0) is 4.74 Å². The first-order valence-electron chi connectivity index (χ1n) is 4.52. The summed E-state index contributed by atoms with van der Waals surface area (Å²) in [6.45, 7) is 6.00. The molecule has 0 saturated carbocycles. The van der Waals surface area contributed by atoms with E-state index in [2.05, 4.69) is 18.9 Å². The van der Waals surface area contributed by atoms with Crippen LogP contribution in [0.15, 0.2) is 0 Å². The molecule has 2 N–H and O–H groups in total. The van der Waals surface area contributed by atoms with E-state index in [-0.39, 0.29) is 6.04 Å². The SMILES string of the molecule is COCCN(C)C(C)CC(C)N. The molecule has 0 fully saturated rings. The highest BCUT2D eigenvalue weighted by atomic mass is 16.5. The lowest BCUT2D eigenvalue weighted by Gasteiger charge is -2.25. The Kier molecular flexibility index (Phi) is 6.34. The van der Waals surface area contributed by atoms with Gasteiger partial charge in [-0.1, -0.05) is 0 Å². The summed E-state index contributed by atoms with van der Waals surface area (Å²) in [7, 11) is 3.83. The second-order valence-corrected chi connectivity index (χ2v) is 3.54. The van der Waals surface area contributed by atoms with Gasteiger partial charge in [-0.2, -0.15) is 0 Å². The Morgan fingerprint density at radius 2 is 2.00 bits per heavy atom. The summed E-state index contributed by atoms with van der Waals surface area (Å²) in [5, 5.41) is 0. The zero-order chi connectivity index (χ0) is 9.56. The van der Waals surface area contributed by atoms with Crippen molar-refractivity contribution in [1.82, 2.24) is 4.90 Å². The molecule has 0 aromatic heterocycles. The van der Waals surface area contributed by atoms with Crippen LogP contribution in [0.2, 0.25) is 0 Å². The van der Waals surface area contributed by atoms with Gasteiger partial charge in [0.15, 0.2) is 0 Å². The Hall–Kier alpha value is -0.120. The highest BCUT2D eigenvalue weighted by Crippen LogP contribution is 2.02. The second-order valence-electron chi connectivity index (χ2n) is 3.54. The van der Waals surface area contributed by atoms with Gasteiger partial charge in [-0.25, -0.2) is 0 Å². The number of nitrogens with two attached hydrogens (primary N) is 1. The van der Waals surface area contributed by atoms with Crippen LogP contribution in [-0.4, -0.2) is 44.3 Å². The van der Waals surface area contributed by atoms with Crippen molar-refractivity contribution in [3.05, 3.63) is 0 Å². The van der Waals surface area contributed by atoms with Crippen LogP contribution in [0.4, 0.5) is 0 Å². The van der Waals surface area contributed by atoms with E-state index >= 15 is 0 Å². The third kappa shape index (κ3) is 5.52. The lowest BCUT2D eigenvalue weighted by molar-refractivity contribution is 0.138. The molecule has 12 heavy (non-hydrogen) atoms. The zero-order valence-corrected chi connectivity index (χ0v) is 8.71. The normalized spacial score (nSPS) is 16.5. The van der Waals surface area contributed by atoms with Gasteiger partial charge in [0, 0.05) is 25.7 Å². The van der Waals surface area contributed by atoms with E-state index in [4.69, 9.17) is 10.5 Å². The number of hydrogen-bond acceptors (Lipinski definition) is 3. The van der Waals surface area contributed by atoms with Crippen molar-refractivity contribution in [3.8, 4) is 0 Å². The summed E-state index contributed by atoms with van der Waals surface area (Å²) < 4.78 is 4.99. The Bertz CT molecular complexity index is 107. The number of rotatable bonds is 6. The highest BCUT2D eigenvalue weighted by molar-refractivity contribution is 4.67. The first kappa shape index (κ1) is 11.9. The van der Waals surface area contributed by atoms with Gasteiger partial charge in [0.1, 0.15) is 0 Å². The Labute approximate surface area is 75.9 Å². The quantitative estimate of drug-likeness (QED) is 0.644. The molecular formula is C9H22N2O. The fourth-order valence-electron chi connectivity index (χ4n) is 1.17. The van der Waals surface area contributed by atoms with Gasteiger partial charge in [0.2, 0.25) is 0 Å². The minimum atomic E-state index is 0.282. The predicted octanol–water partition coefficient (Wildman–Crippen LogP) is 0.690.